The molecule has 0 atom stereocenters. The summed E-state index contributed by atoms with van der Waals surface area (Å²) < 4.78 is 5.43. The summed E-state index contributed by atoms with van der Waals surface area (Å²) in [6.07, 6.45) is 3.17. The molecule has 5 heteroatoms. The zero-order valence-electron chi connectivity index (χ0n) is 15.9. The number of hydrogen-bond acceptors (Lipinski definition) is 4. The van der Waals surface area contributed by atoms with E-state index < -0.39 is 0 Å². The summed E-state index contributed by atoms with van der Waals surface area (Å²) in [6.45, 7) is 12.3. The van der Waals surface area contributed by atoms with Crippen LogP contribution in [0.3, 0.4) is 0 Å². The summed E-state index contributed by atoms with van der Waals surface area (Å²) in [5.41, 5.74) is 2.68. The second kappa shape index (κ2) is 6.60. The molecule has 1 aromatic carbocycles. The van der Waals surface area contributed by atoms with Gasteiger partial charge in [-0.05, 0) is 48.1 Å². The summed E-state index contributed by atoms with van der Waals surface area (Å²) in [7, 11) is 0. The van der Waals surface area contributed by atoms with Crippen molar-refractivity contribution in [2.75, 3.05) is 31.2 Å². The van der Waals surface area contributed by atoms with Crippen LogP contribution in [0.15, 0.2) is 18.2 Å². The van der Waals surface area contributed by atoms with E-state index in [9.17, 15) is 10.1 Å². The molecular weight excluding hydrogens is 316 g/mol. The van der Waals surface area contributed by atoms with Crippen molar-refractivity contribution in [2.24, 2.45) is 10.8 Å². The third kappa shape index (κ3) is 4.14. The zero-order valence-corrected chi connectivity index (χ0v) is 15.9. The Bertz CT molecular complexity index is 632. The molecule has 1 aromatic rings. The van der Waals surface area contributed by atoms with Gasteiger partial charge in [0.1, 0.15) is 0 Å². The standard InChI is InChI=1S/C20H30N2O3/c1-19(2)12-15(13-20(3,4)14-19)17-11-16(5-6-18(17)22(23)24)21-7-9-25-10-8-21/h5-6,11,15H,7-10,12-14H2,1-4H3. The van der Waals surface area contributed by atoms with Gasteiger partial charge in [0.05, 0.1) is 18.1 Å². The molecule has 0 N–H and O–H groups in total. The summed E-state index contributed by atoms with van der Waals surface area (Å²) in [4.78, 5) is 13.7. The minimum absolute atomic E-state index is 0.204. The maximum Gasteiger partial charge on any atom is 0.273 e. The Labute approximate surface area is 150 Å². The van der Waals surface area contributed by atoms with E-state index in [1.165, 1.54) is 0 Å². The highest BCUT2D eigenvalue weighted by Crippen LogP contribution is 2.53. The van der Waals surface area contributed by atoms with Crippen LogP contribution < -0.4 is 4.90 Å². The first-order chi connectivity index (χ1) is 11.7. The molecule has 0 aromatic heterocycles. The number of nitro benzene ring substituents is 1. The van der Waals surface area contributed by atoms with Crippen LogP contribution in [0.2, 0.25) is 0 Å². The lowest BCUT2D eigenvalue weighted by Crippen LogP contribution is -2.36. The van der Waals surface area contributed by atoms with E-state index in [0.29, 0.717) is 0 Å². The van der Waals surface area contributed by atoms with Gasteiger partial charge in [-0.2, -0.15) is 0 Å². The van der Waals surface area contributed by atoms with Gasteiger partial charge in [0.2, 0.25) is 0 Å². The molecule has 1 heterocycles. The number of morpholine rings is 1. The van der Waals surface area contributed by atoms with Gasteiger partial charge in [0, 0.05) is 30.4 Å². The fourth-order valence-electron chi connectivity index (χ4n) is 5.12. The molecule has 2 aliphatic rings. The maximum absolute atomic E-state index is 11.6. The lowest BCUT2D eigenvalue weighted by atomic mass is 9.60. The van der Waals surface area contributed by atoms with Crippen LogP contribution in [0, 0.1) is 20.9 Å². The van der Waals surface area contributed by atoms with E-state index in [2.05, 4.69) is 38.7 Å². The molecule has 1 aliphatic carbocycles. The molecule has 2 fully saturated rings. The normalized spacial score (nSPS) is 23.4. The lowest BCUT2D eigenvalue weighted by Gasteiger charge is -2.45. The van der Waals surface area contributed by atoms with Crippen LogP contribution in [0.1, 0.15) is 58.4 Å². The van der Waals surface area contributed by atoms with Crippen molar-refractivity contribution < 1.29 is 9.66 Å². The SMILES string of the molecule is CC1(C)CC(c2cc(N3CCOCC3)ccc2[N+](=O)[O-])CC(C)(C)C1. The monoisotopic (exact) mass is 346 g/mol. The van der Waals surface area contributed by atoms with Crippen molar-refractivity contribution >= 4 is 11.4 Å². The van der Waals surface area contributed by atoms with E-state index in [1.807, 2.05) is 6.07 Å². The van der Waals surface area contributed by atoms with Crippen LogP contribution in [0.5, 0.6) is 0 Å². The largest absolute Gasteiger partial charge is 0.378 e. The number of anilines is 1. The number of nitro groups is 1. The van der Waals surface area contributed by atoms with Crippen LogP contribution in [0.25, 0.3) is 0 Å². The highest BCUT2D eigenvalue weighted by atomic mass is 16.6. The molecule has 1 saturated carbocycles. The minimum Gasteiger partial charge on any atom is -0.378 e. The first-order valence-electron chi connectivity index (χ1n) is 9.28. The van der Waals surface area contributed by atoms with E-state index >= 15 is 0 Å². The average Bonchev–Trinajstić information content (AvgIpc) is 2.52. The average molecular weight is 346 g/mol. The Morgan fingerprint density at radius 2 is 1.72 bits per heavy atom. The Morgan fingerprint density at radius 3 is 2.28 bits per heavy atom. The molecule has 0 amide bonds. The zero-order chi connectivity index (χ0) is 18.2. The predicted octanol–water partition coefficient (Wildman–Crippen LogP) is 4.75. The second-order valence-electron chi connectivity index (χ2n) is 9.21. The fraction of sp³-hybridized carbons (Fsp3) is 0.700. The van der Waals surface area contributed by atoms with Crippen molar-refractivity contribution in [3.8, 4) is 0 Å². The Hall–Kier alpha value is -1.62. The molecule has 0 unspecified atom stereocenters. The molecule has 5 nitrogen and oxygen atoms in total. The Kier molecular flexibility index (Phi) is 4.80. The number of nitrogens with zero attached hydrogens (tertiary/aromatic N) is 2. The maximum atomic E-state index is 11.6. The molecule has 0 radical (unpaired) electrons. The van der Waals surface area contributed by atoms with Crippen molar-refractivity contribution in [2.45, 2.75) is 52.9 Å². The minimum atomic E-state index is -0.215. The van der Waals surface area contributed by atoms with Gasteiger partial charge in [-0.15, -0.1) is 0 Å². The summed E-state index contributed by atoms with van der Waals surface area (Å²) in [6, 6.07) is 5.67. The molecule has 138 valence electrons. The smallest absolute Gasteiger partial charge is 0.273 e. The van der Waals surface area contributed by atoms with Crippen LogP contribution in [-0.2, 0) is 4.74 Å². The number of rotatable bonds is 3. The van der Waals surface area contributed by atoms with Gasteiger partial charge in [-0.1, -0.05) is 27.7 Å². The van der Waals surface area contributed by atoms with E-state index in [4.69, 9.17) is 4.74 Å². The van der Waals surface area contributed by atoms with Crippen molar-refractivity contribution in [3.05, 3.63) is 33.9 Å². The Balaban J connectivity index is 1.98. The van der Waals surface area contributed by atoms with E-state index in [0.717, 1.165) is 56.8 Å². The van der Waals surface area contributed by atoms with Crippen LogP contribution in [-0.4, -0.2) is 31.2 Å². The van der Waals surface area contributed by atoms with Gasteiger partial charge in [-0.3, -0.25) is 10.1 Å². The first-order valence-corrected chi connectivity index (χ1v) is 9.28. The lowest BCUT2D eigenvalue weighted by molar-refractivity contribution is -0.385. The van der Waals surface area contributed by atoms with E-state index in [1.54, 1.807) is 6.07 Å². The Morgan fingerprint density at radius 1 is 1.12 bits per heavy atom. The molecule has 0 bridgehead atoms. The summed E-state index contributed by atoms with van der Waals surface area (Å²) in [5.74, 6) is 0.236. The van der Waals surface area contributed by atoms with Crippen LogP contribution in [0.4, 0.5) is 11.4 Å². The van der Waals surface area contributed by atoms with Crippen molar-refractivity contribution in [1.82, 2.24) is 0 Å². The van der Waals surface area contributed by atoms with Gasteiger partial charge < -0.3 is 9.64 Å². The third-order valence-electron chi connectivity index (χ3n) is 5.58. The highest BCUT2D eigenvalue weighted by molar-refractivity contribution is 5.57. The van der Waals surface area contributed by atoms with Gasteiger partial charge in [-0.25, -0.2) is 0 Å². The summed E-state index contributed by atoms with van der Waals surface area (Å²) in [5, 5.41) is 11.6. The first kappa shape index (κ1) is 18.2. The van der Waals surface area contributed by atoms with Crippen molar-refractivity contribution in [3.63, 3.8) is 0 Å². The van der Waals surface area contributed by atoms with Gasteiger partial charge >= 0.3 is 0 Å². The fourth-order valence-corrected chi connectivity index (χ4v) is 5.12. The van der Waals surface area contributed by atoms with Gasteiger partial charge in [0.25, 0.3) is 5.69 Å². The van der Waals surface area contributed by atoms with Crippen LogP contribution >= 0.6 is 0 Å². The quantitative estimate of drug-likeness (QED) is 0.585. The third-order valence-corrected chi connectivity index (χ3v) is 5.58. The number of ether oxygens (including phenoxy) is 1. The number of hydrogen-bond donors (Lipinski definition) is 0. The molecule has 3 rings (SSSR count). The molecule has 25 heavy (non-hydrogen) atoms. The molecular formula is C20H30N2O3. The van der Waals surface area contributed by atoms with Crippen molar-refractivity contribution in [1.29, 1.82) is 0 Å². The summed E-state index contributed by atoms with van der Waals surface area (Å²) >= 11 is 0. The molecule has 0 spiro atoms. The topological polar surface area (TPSA) is 55.6 Å². The highest BCUT2D eigenvalue weighted by Gasteiger charge is 2.41. The predicted molar refractivity (Wildman–Crippen MR) is 100 cm³/mol. The number of benzene rings is 1. The van der Waals surface area contributed by atoms with E-state index in [-0.39, 0.29) is 27.4 Å². The second-order valence-corrected chi connectivity index (χ2v) is 9.21. The van der Waals surface area contributed by atoms with Gasteiger partial charge in [0.15, 0.2) is 0 Å². The molecule has 1 saturated heterocycles. The molecule has 1 aliphatic heterocycles.